The molecule has 0 atom stereocenters. The molecule has 0 spiro atoms. The van der Waals surface area contributed by atoms with E-state index in [9.17, 15) is 4.79 Å². The highest BCUT2D eigenvalue weighted by molar-refractivity contribution is 8.47. The van der Waals surface area contributed by atoms with Crippen LogP contribution in [-0.4, -0.2) is 66.4 Å². The molecule has 0 aliphatic heterocycles. The van der Waals surface area contributed by atoms with Gasteiger partial charge in [0.1, 0.15) is 6.61 Å². The van der Waals surface area contributed by atoms with Gasteiger partial charge in [-0.2, -0.15) is 0 Å². The summed E-state index contributed by atoms with van der Waals surface area (Å²) in [5, 5.41) is 9.74. The van der Waals surface area contributed by atoms with Gasteiger partial charge < -0.3 is 9.84 Å². The second-order valence-corrected chi connectivity index (χ2v) is 14.5. The number of aliphatic carboxylic acids is 1. The third kappa shape index (κ3) is 10.6. The Morgan fingerprint density at radius 3 is 2.19 bits per heavy atom. The van der Waals surface area contributed by atoms with Crippen molar-refractivity contribution in [1.82, 2.24) is 0 Å². The standard InChI is InChI=1S/C11H26O3S2/c1-15(2,3)10-16(4,5)8-6-7-14-9-11(12)13/h6-10H2,1-5H3,(H,12,13). The van der Waals surface area contributed by atoms with Gasteiger partial charge in [0.2, 0.25) is 0 Å². The Morgan fingerprint density at radius 2 is 1.75 bits per heavy atom. The molecule has 0 radical (unpaired) electrons. The molecule has 0 aromatic rings. The molecule has 0 aromatic carbocycles. The predicted octanol–water partition coefficient (Wildman–Crippen LogP) is 2.19. The number of hydrogen-bond acceptors (Lipinski definition) is 2. The van der Waals surface area contributed by atoms with Gasteiger partial charge in [-0.3, -0.25) is 0 Å². The van der Waals surface area contributed by atoms with Crippen LogP contribution >= 0.6 is 20.1 Å². The third-order valence-electron chi connectivity index (χ3n) is 1.88. The molecular weight excluding hydrogens is 244 g/mol. The maximum Gasteiger partial charge on any atom is 0.329 e. The van der Waals surface area contributed by atoms with Gasteiger partial charge in [0.15, 0.2) is 0 Å². The summed E-state index contributed by atoms with van der Waals surface area (Å²) < 4.78 is 5.04. The van der Waals surface area contributed by atoms with Crippen molar-refractivity contribution in [2.45, 2.75) is 6.42 Å². The molecule has 0 bridgehead atoms. The summed E-state index contributed by atoms with van der Waals surface area (Å²) >= 11 is 0. The van der Waals surface area contributed by atoms with Crippen LogP contribution in [0.25, 0.3) is 0 Å². The molecule has 0 aromatic heterocycles. The van der Waals surface area contributed by atoms with Crippen molar-refractivity contribution in [2.75, 3.05) is 55.3 Å². The van der Waals surface area contributed by atoms with Crippen molar-refractivity contribution in [1.29, 1.82) is 0 Å². The van der Waals surface area contributed by atoms with Crippen LogP contribution in [0.4, 0.5) is 0 Å². The number of hydrogen-bond donors (Lipinski definition) is 1. The van der Waals surface area contributed by atoms with Crippen LogP contribution in [0.15, 0.2) is 0 Å². The zero-order valence-corrected chi connectivity index (χ0v) is 12.7. The summed E-state index contributed by atoms with van der Waals surface area (Å²) in [6, 6.07) is 0. The molecule has 1 N–H and O–H groups in total. The minimum atomic E-state index is -0.884. The Morgan fingerprint density at radius 1 is 1.19 bits per heavy atom. The number of carboxylic acids is 1. The van der Waals surface area contributed by atoms with Gasteiger partial charge in [0, 0.05) is 11.7 Å². The van der Waals surface area contributed by atoms with Gasteiger partial charge in [0.05, 0.1) is 0 Å². The highest BCUT2D eigenvalue weighted by Gasteiger charge is 2.17. The van der Waals surface area contributed by atoms with Crippen LogP contribution in [0, 0.1) is 0 Å². The van der Waals surface area contributed by atoms with E-state index in [1.54, 1.807) is 0 Å². The molecule has 100 valence electrons. The predicted molar refractivity (Wildman–Crippen MR) is 77.6 cm³/mol. The minimum absolute atomic E-state index is 0.166. The average Bonchev–Trinajstić information content (AvgIpc) is 1.97. The lowest BCUT2D eigenvalue weighted by Crippen LogP contribution is -2.14. The zero-order chi connectivity index (χ0) is 12.8. The van der Waals surface area contributed by atoms with Crippen molar-refractivity contribution < 1.29 is 14.6 Å². The number of rotatable bonds is 8. The second kappa shape index (κ2) is 6.77. The van der Waals surface area contributed by atoms with E-state index in [-0.39, 0.29) is 6.61 Å². The fraction of sp³-hybridized carbons (Fsp3) is 0.909. The topological polar surface area (TPSA) is 46.5 Å². The van der Waals surface area contributed by atoms with Crippen LogP contribution in [-0.2, 0) is 9.53 Å². The quantitative estimate of drug-likeness (QED) is 0.688. The summed E-state index contributed by atoms with van der Waals surface area (Å²) in [7, 11) is -0.966. The van der Waals surface area contributed by atoms with E-state index in [0.29, 0.717) is 6.61 Å². The molecule has 0 unspecified atom stereocenters. The molecular formula is C11H26O3S2. The van der Waals surface area contributed by atoms with Crippen molar-refractivity contribution in [3.05, 3.63) is 0 Å². The Bertz CT molecular complexity index is 222. The second-order valence-electron chi connectivity index (χ2n) is 5.48. The van der Waals surface area contributed by atoms with Crippen LogP contribution in [0.3, 0.4) is 0 Å². The Balaban J connectivity index is 3.70. The maximum atomic E-state index is 10.2. The molecule has 0 rings (SSSR count). The van der Waals surface area contributed by atoms with E-state index in [2.05, 4.69) is 31.3 Å². The van der Waals surface area contributed by atoms with Crippen LogP contribution in [0.5, 0.6) is 0 Å². The highest BCUT2D eigenvalue weighted by Crippen LogP contribution is 2.53. The molecule has 0 heterocycles. The van der Waals surface area contributed by atoms with E-state index in [4.69, 9.17) is 9.84 Å². The monoisotopic (exact) mass is 270 g/mol. The normalized spacial score (nSPS) is 14.8. The lowest BCUT2D eigenvalue weighted by atomic mass is 10.5. The number of ether oxygens (including phenoxy) is 1. The fourth-order valence-corrected chi connectivity index (χ4v) is 10.8. The summed E-state index contributed by atoms with van der Waals surface area (Å²) in [6.45, 7) is 0.405. The largest absolute Gasteiger partial charge is 0.480 e. The molecule has 16 heavy (non-hydrogen) atoms. The van der Waals surface area contributed by atoms with Gasteiger partial charge in [-0.05, 0) is 43.5 Å². The van der Waals surface area contributed by atoms with E-state index in [0.717, 1.165) is 6.42 Å². The van der Waals surface area contributed by atoms with E-state index >= 15 is 0 Å². The Labute approximate surface area is 103 Å². The zero-order valence-electron chi connectivity index (χ0n) is 11.1. The first-order valence-electron chi connectivity index (χ1n) is 5.27. The lowest BCUT2D eigenvalue weighted by molar-refractivity contribution is -0.142. The van der Waals surface area contributed by atoms with Crippen molar-refractivity contribution >= 4 is 26.0 Å². The Kier molecular flexibility index (Phi) is 6.82. The summed E-state index contributed by atoms with van der Waals surface area (Å²) in [4.78, 5) is 10.2. The summed E-state index contributed by atoms with van der Waals surface area (Å²) in [5.41, 5.74) is 0. The first-order valence-corrected chi connectivity index (χ1v) is 11.1. The van der Waals surface area contributed by atoms with Gasteiger partial charge >= 0.3 is 5.97 Å². The van der Waals surface area contributed by atoms with Gasteiger partial charge in [0.25, 0.3) is 0 Å². The molecule has 0 aliphatic carbocycles. The molecule has 0 saturated carbocycles. The van der Waals surface area contributed by atoms with Gasteiger partial charge in [-0.1, -0.05) is 0 Å². The van der Waals surface area contributed by atoms with Crippen molar-refractivity contribution in [3.63, 3.8) is 0 Å². The van der Waals surface area contributed by atoms with Crippen LogP contribution in [0.1, 0.15) is 6.42 Å². The molecule has 0 saturated heterocycles. The number of carbonyl (C=O) groups is 1. The molecule has 0 amide bonds. The molecule has 0 aliphatic rings. The molecule has 5 heteroatoms. The third-order valence-corrected chi connectivity index (χ3v) is 8.66. The van der Waals surface area contributed by atoms with Crippen molar-refractivity contribution in [3.8, 4) is 0 Å². The molecule has 0 fully saturated rings. The average molecular weight is 270 g/mol. The first-order chi connectivity index (χ1) is 7.12. The first kappa shape index (κ1) is 16.1. The fourth-order valence-electron chi connectivity index (χ4n) is 1.73. The van der Waals surface area contributed by atoms with Crippen LogP contribution < -0.4 is 0 Å². The van der Waals surface area contributed by atoms with E-state index < -0.39 is 26.0 Å². The van der Waals surface area contributed by atoms with Crippen molar-refractivity contribution in [2.24, 2.45) is 0 Å². The summed E-state index contributed by atoms with van der Waals surface area (Å²) in [5.74, 6) is 0.294. The SMILES string of the molecule is CS(C)(C)CS(C)(C)CCCOCC(=O)O. The van der Waals surface area contributed by atoms with E-state index in [1.165, 1.54) is 10.8 Å². The van der Waals surface area contributed by atoms with Crippen LogP contribution in [0.2, 0.25) is 0 Å². The van der Waals surface area contributed by atoms with E-state index in [1.807, 2.05) is 0 Å². The minimum Gasteiger partial charge on any atom is -0.480 e. The van der Waals surface area contributed by atoms with Gasteiger partial charge in [-0.15, -0.1) is 0 Å². The lowest BCUT2D eigenvalue weighted by Gasteiger charge is -2.40. The number of carboxylic acid groups (broad SMARTS) is 1. The molecule has 3 nitrogen and oxygen atoms in total. The smallest absolute Gasteiger partial charge is 0.329 e. The van der Waals surface area contributed by atoms with Gasteiger partial charge in [-0.25, -0.2) is 24.9 Å². The summed E-state index contributed by atoms with van der Waals surface area (Å²) in [6.07, 6.45) is 12.8. The Hall–Kier alpha value is 0.130. The maximum absolute atomic E-state index is 10.2. The highest BCUT2D eigenvalue weighted by atomic mass is 32.3.